The zero-order chi connectivity index (χ0) is 18.9. The van der Waals surface area contributed by atoms with E-state index in [-0.39, 0.29) is 42.7 Å². The molecule has 2 aliphatic heterocycles. The molecule has 144 valence electrons. The molecule has 5 nitrogen and oxygen atoms in total. The maximum Gasteiger partial charge on any atom is 0.251 e. The van der Waals surface area contributed by atoms with Gasteiger partial charge in [-0.2, -0.15) is 0 Å². The second-order valence-electron chi connectivity index (χ2n) is 7.21. The van der Waals surface area contributed by atoms with Crippen LogP contribution in [0.15, 0.2) is 29.2 Å². The Morgan fingerprint density at radius 3 is 2.08 bits per heavy atom. The number of rotatable bonds is 3. The lowest BCUT2D eigenvalue weighted by atomic mass is 9.93. The van der Waals surface area contributed by atoms with Crippen LogP contribution in [0.4, 0.5) is 14.5 Å². The fourth-order valence-corrected chi connectivity index (χ4v) is 4.23. The van der Waals surface area contributed by atoms with E-state index in [1.165, 1.54) is 6.26 Å². The van der Waals surface area contributed by atoms with E-state index in [2.05, 4.69) is 4.90 Å². The highest BCUT2D eigenvalue weighted by atomic mass is 32.2. The summed E-state index contributed by atoms with van der Waals surface area (Å²) >= 11 is 0. The molecular weight excluding hydrogens is 362 g/mol. The molecule has 0 N–H and O–H groups in total. The van der Waals surface area contributed by atoms with Gasteiger partial charge in [0.1, 0.15) is 0 Å². The number of benzene rings is 1. The van der Waals surface area contributed by atoms with E-state index in [0.29, 0.717) is 25.9 Å². The second kappa shape index (κ2) is 7.13. The van der Waals surface area contributed by atoms with Gasteiger partial charge in [-0.25, -0.2) is 17.2 Å². The average Bonchev–Trinajstić information content (AvgIpc) is 2.61. The Kier molecular flexibility index (Phi) is 5.23. The van der Waals surface area contributed by atoms with Crippen molar-refractivity contribution in [2.24, 2.45) is 5.92 Å². The molecule has 0 radical (unpaired) electrons. The SMILES string of the molecule is CS(=O)(=O)c1ccc(N2CCC(C(=O)N3CCC(F)(F)CC3)CC2)cc1. The van der Waals surface area contributed by atoms with Gasteiger partial charge in [-0.1, -0.05) is 0 Å². The molecule has 2 aliphatic rings. The van der Waals surface area contributed by atoms with Crippen molar-refractivity contribution in [1.29, 1.82) is 0 Å². The van der Waals surface area contributed by atoms with E-state index in [9.17, 15) is 22.0 Å². The number of alkyl halides is 2. The number of carbonyl (C=O) groups excluding carboxylic acids is 1. The number of anilines is 1. The fourth-order valence-electron chi connectivity index (χ4n) is 3.60. The van der Waals surface area contributed by atoms with E-state index in [0.717, 1.165) is 5.69 Å². The molecular formula is C18H24F2N2O3S. The maximum absolute atomic E-state index is 13.2. The van der Waals surface area contributed by atoms with Crippen LogP contribution in [0.1, 0.15) is 25.7 Å². The van der Waals surface area contributed by atoms with E-state index in [1.807, 2.05) is 0 Å². The van der Waals surface area contributed by atoms with Gasteiger partial charge in [-0.3, -0.25) is 4.79 Å². The molecule has 3 rings (SSSR count). The predicted molar refractivity (Wildman–Crippen MR) is 95.2 cm³/mol. The van der Waals surface area contributed by atoms with Crippen molar-refractivity contribution < 1.29 is 22.0 Å². The summed E-state index contributed by atoms with van der Waals surface area (Å²) in [5.74, 6) is -2.76. The Bertz CT molecular complexity index is 747. The Morgan fingerprint density at radius 2 is 1.58 bits per heavy atom. The molecule has 8 heteroatoms. The summed E-state index contributed by atoms with van der Waals surface area (Å²) in [4.78, 5) is 16.6. The first-order valence-corrected chi connectivity index (χ1v) is 10.8. The van der Waals surface area contributed by atoms with Gasteiger partial charge in [0.15, 0.2) is 9.84 Å². The number of hydrogen-bond acceptors (Lipinski definition) is 4. The van der Waals surface area contributed by atoms with Gasteiger partial charge >= 0.3 is 0 Å². The topological polar surface area (TPSA) is 57.7 Å². The molecule has 1 amide bonds. The average molecular weight is 386 g/mol. The van der Waals surface area contributed by atoms with Gasteiger partial charge in [-0.05, 0) is 37.1 Å². The molecule has 0 unspecified atom stereocenters. The van der Waals surface area contributed by atoms with Crippen molar-refractivity contribution in [2.45, 2.75) is 36.5 Å². The van der Waals surface area contributed by atoms with Crippen LogP contribution in [-0.2, 0) is 14.6 Å². The third-order valence-corrected chi connectivity index (χ3v) is 6.41. The lowest BCUT2D eigenvalue weighted by Crippen LogP contribution is -2.47. The van der Waals surface area contributed by atoms with Gasteiger partial charge < -0.3 is 9.80 Å². The molecule has 0 saturated carbocycles. The Hall–Kier alpha value is -1.70. The van der Waals surface area contributed by atoms with Gasteiger partial charge in [0, 0.05) is 56.9 Å². The molecule has 0 atom stereocenters. The summed E-state index contributed by atoms with van der Waals surface area (Å²) in [7, 11) is -3.21. The smallest absolute Gasteiger partial charge is 0.251 e. The number of halogens is 2. The summed E-state index contributed by atoms with van der Waals surface area (Å²) in [5.41, 5.74) is 0.931. The summed E-state index contributed by atoms with van der Waals surface area (Å²) in [5, 5.41) is 0. The minimum Gasteiger partial charge on any atom is -0.371 e. The normalized spacial score (nSPS) is 21.7. The van der Waals surface area contributed by atoms with Crippen LogP contribution in [0.25, 0.3) is 0 Å². The zero-order valence-electron chi connectivity index (χ0n) is 14.8. The highest BCUT2D eigenvalue weighted by molar-refractivity contribution is 7.90. The minimum absolute atomic E-state index is 0.00688. The van der Waals surface area contributed by atoms with Gasteiger partial charge in [0.25, 0.3) is 5.92 Å². The second-order valence-corrected chi connectivity index (χ2v) is 9.22. The summed E-state index contributed by atoms with van der Waals surface area (Å²) in [6.45, 7) is 1.66. The number of nitrogens with zero attached hydrogens (tertiary/aromatic N) is 2. The molecule has 0 aliphatic carbocycles. The van der Waals surface area contributed by atoms with Crippen molar-refractivity contribution in [1.82, 2.24) is 4.90 Å². The number of piperidine rings is 2. The lowest BCUT2D eigenvalue weighted by molar-refractivity contribution is -0.142. The van der Waals surface area contributed by atoms with Crippen LogP contribution in [0.5, 0.6) is 0 Å². The van der Waals surface area contributed by atoms with Crippen LogP contribution in [-0.4, -0.2) is 57.6 Å². The van der Waals surface area contributed by atoms with Gasteiger partial charge in [0.05, 0.1) is 4.90 Å². The molecule has 0 aromatic heterocycles. The molecule has 1 aromatic rings. The van der Waals surface area contributed by atoms with E-state index in [1.54, 1.807) is 29.2 Å². The lowest BCUT2D eigenvalue weighted by Gasteiger charge is -2.37. The van der Waals surface area contributed by atoms with Crippen molar-refractivity contribution in [3.05, 3.63) is 24.3 Å². The van der Waals surface area contributed by atoms with Gasteiger partial charge in [0.2, 0.25) is 5.91 Å². The first-order chi connectivity index (χ1) is 12.2. The van der Waals surface area contributed by atoms with Crippen LogP contribution < -0.4 is 4.90 Å². The number of amides is 1. The van der Waals surface area contributed by atoms with Crippen molar-refractivity contribution >= 4 is 21.4 Å². The van der Waals surface area contributed by atoms with E-state index < -0.39 is 15.8 Å². The van der Waals surface area contributed by atoms with Crippen molar-refractivity contribution in [3.63, 3.8) is 0 Å². The third kappa shape index (κ3) is 4.34. The third-order valence-electron chi connectivity index (χ3n) is 5.28. The number of likely N-dealkylation sites (tertiary alicyclic amines) is 1. The van der Waals surface area contributed by atoms with Crippen molar-refractivity contribution in [2.75, 3.05) is 37.3 Å². The molecule has 26 heavy (non-hydrogen) atoms. The van der Waals surface area contributed by atoms with E-state index in [4.69, 9.17) is 0 Å². The Morgan fingerprint density at radius 1 is 1.04 bits per heavy atom. The fraction of sp³-hybridized carbons (Fsp3) is 0.611. The highest BCUT2D eigenvalue weighted by Gasteiger charge is 2.37. The summed E-state index contributed by atoms with van der Waals surface area (Å²) < 4.78 is 49.5. The van der Waals surface area contributed by atoms with Crippen LogP contribution in [0.2, 0.25) is 0 Å². The van der Waals surface area contributed by atoms with Gasteiger partial charge in [-0.15, -0.1) is 0 Å². The first-order valence-electron chi connectivity index (χ1n) is 8.87. The van der Waals surface area contributed by atoms with Crippen molar-refractivity contribution in [3.8, 4) is 0 Å². The largest absolute Gasteiger partial charge is 0.371 e. The van der Waals surface area contributed by atoms with E-state index >= 15 is 0 Å². The van der Waals surface area contributed by atoms with Crippen LogP contribution in [0, 0.1) is 5.92 Å². The number of carbonyl (C=O) groups is 1. The molecule has 2 fully saturated rings. The maximum atomic E-state index is 13.2. The zero-order valence-corrected chi connectivity index (χ0v) is 15.6. The molecule has 2 heterocycles. The Labute approximate surface area is 152 Å². The minimum atomic E-state index is -3.21. The highest BCUT2D eigenvalue weighted by Crippen LogP contribution is 2.30. The number of hydrogen-bond donors (Lipinski definition) is 0. The molecule has 1 aromatic carbocycles. The number of sulfone groups is 1. The predicted octanol–water partition coefficient (Wildman–Crippen LogP) is 2.56. The molecule has 0 spiro atoms. The van der Waals surface area contributed by atoms with Crippen LogP contribution in [0.3, 0.4) is 0 Å². The summed E-state index contributed by atoms with van der Waals surface area (Å²) in [6.07, 6.45) is 2.04. The monoisotopic (exact) mass is 386 g/mol. The molecule has 0 bridgehead atoms. The Balaban J connectivity index is 1.55. The first kappa shape index (κ1) is 19.1. The quantitative estimate of drug-likeness (QED) is 0.801. The standard InChI is InChI=1S/C18H24F2N2O3S/c1-26(24,25)16-4-2-15(3-5-16)21-10-6-14(7-11-21)17(23)22-12-8-18(19,20)9-13-22/h2-5,14H,6-13H2,1H3. The van der Waals surface area contributed by atoms with Crippen LogP contribution >= 0.6 is 0 Å². The summed E-state index contributed by atoms with van der Waals surface area (Å²) in [6, 6.07) is 6.75. The molecule has 2 saturated heterocycles.